The van der Waals surface area contributed by atoms with Gasteiger partial charge in [-0.15, -0.1) is 0 Å². The van der Waals surface area contributed by atoms with E-state index in [2.05, 4.69) is 15.4 Å². The van der Waals surface area contributed by atoms with Crippen LogP contribution in [0.25, 0.3) is 11.0 Å². The quantitative estimate of drug-likeness (QED) is 0.786. The van der Waals surface area contributed by atoms with Crippen LogP contribution in [-0.4, -0.2) is 24.2 Å². The van der Waals surface area contributed by atoms with E-state index in [1.165, 1.54) is 12.1 Å². The van der Waals surface area contributed by atoms with Gasteiger partial charge in [0.05, 0.1) is 6.42 Å². The van der Waals surface area contributed by atoms with E-state index < -0.39 is 0 Å². The number of carbonyl (C=O) groups excluding carboxylic acids is 1. The number of anilines is 2. The van der Waals surface area contributed by atoms with Gasteiger partial charge in [-0.1, -0.05) is 17.3 Å². The summed E-state index contributed by atoms with van der Waals surface area (Å²) in [5, 5.41) is 7.53. The maximum Gasteiger partial charge on any atom is 0.230 e. The zero-order chi connectivity index (χ0) is 17.2. The molecule has 6 heteroatoms. The van der Waals surface area contributed by atoms with Crippen LogP contribution in [0.4, 0.5) is 15.8 Å². The van der Waals surface area contributed by atoms with Gasteiger partial charge in [-0.3, -0.25) is 4.79 Å². The third kappa shape index (κ3) is 3.33. The van der Waals surface area contributed by atoms with Crippen LogP contribution >= 0.6 is 0 Å². The van der Waals surface area contributed by atoms with Crippen molar-refractivity contribution in [3.8, 4) is 0 Å². The lowest BCUT2D eigenvalue weighted by molar-refractivity contribution is -0.115. The first-order valence-electron chi connectivity index (χ1n) is 8.38. The van der Waals surface area contributed by atoms with Crippen LogP contribution < -0.4 is 10.2 Å². The first-order chi connectivity index (χ1) is 12.2. The molecule has 0 aliphatic carbocycles. The summed E-state index contributed by atoms with van der Waals surface area (Å²) >= 11 is 0. The summed E-state index contributed by atoms with van der Waals surface area (Å²) in [5.41, 5.74) is 2.48. The molecule has 1 amide bonds. The molecule has 1 aliphatic rings. The minimum Gasteiger partial charge on any atom is -0.371 e. The fourth-order valence-corrected chi connectivity index (χ4v) is 3.23. The van der Waals surface area contributed by atoms with Crippen LogP contribution in [0, 0.1) is 5.82 Å². The summed E-state index contributed by atoms with van der Waals surface area (Å²) in [5.74, 6) is -0.608. The maximum atomic E-state index is 13.9. The fourth-order valence-electron chi connectivity index (χ4n) is 3.23. The number of hydrogen-bond acceptors (Lipinski definition) is 4. The van der Waals surface area contributed by atoms with Gasteiger partial charge in [-0.05, 0) is 43.2 Å². The Bertz CT molecular complexity index is 916. The molecular weight excluding hydrogens is 321 g/mol. The molecule has 4 rings (SSSR count). The van der Waals surface area contributed by atoms with Crippen LogP contribution in [0.1, 0.15) is 18.5 Å². The molecule has 0 radical (unpaired) electrons. The minimum atomic E-state index is -0.355. The highest BCUT2D eigenvalue weighted by atomic mass is 19.1. The number of nitrogens with one attached hydrogen (secondary N) is 1. The van der Waals surface area contributed by atoms with Gasteiger partial charge in [0, 0.05) is 29.9 Å². The van der Waals surface area contributed by atoms with E-state index in [-0.39, 0.29) is 18.1 Å². The fraction of sp³-hybridized carbons (Fsp3) is 0.263. The Kier molecular flexibility index (Phi) is 4.09. The molecule has 0 spiro atoms. The molecule has 1 aliphatic heterocycles. The number of halogens is 1. The lowest BCUT2D eigenvalue weighted by Crippen LogP contribution is -2.19. The van der Waals surface area contributed by atoms with Crippen LogP contribution in [0.5, 0.6) is 0 Å². The number of nitrogens with zero attached hydrogens (tertiary/aromatic N) is 2. The highest BCUT2D eigenvalue weighted by molar-refractivity contribution is 5.95. The second-order valence-electron chi connectivity index (χ2n) is 6.24. The highest BCUT2D eigenvalue weighted by Gasteiger charge is 2.16. The van der Waals surface area contributed by atoms with Crippen molar-refractivity contribution in [3.05, 3.63) is 54.0 Å². The van der Waals surface area contributed by atoms with Crippen molar-refractivity contribution in [1.29, 1.82) is 0 Å². The van der Waals surface area contributed by atoms with Crippen molar-refractivity contribution < 1.29 is 13.7 Å². The zero-order valence-electron chi connectivity index (χ0n) is 13.7. The van der Waals surface area contributed by atoms with Crippen molar-refractivity contribution in [2.45, 2.75) is 19.3 Å². The molecule has 1 fully saturated rings. The minimum absolute atomic E-state index is 0.0760. The van der Waals surface area contributed by atoms with Gasteiger partial charge in [-0.25, -0.2) is 4.39 Å². The van der Waals surface area contributed by atoms with E-state index in [0.717, 1.165) is 37.0 Å². The largest absolute Gasteiger partial charge is 0.371 e. The molecule has 5 nitrogen and oxygen atoms in total. The van der Waals surface area contributed by atoms with Gasteiger partial charge < -0.3 is 14.7 Å². The number of carbonyl (C=O) groups is 1. The summed E-state index contributed by atoms with van der Waals surface area (Å²) in [6.07, 6.45) is 2.29. The number of fused-ring (bicyclic) bond motifs is 1. The Morgan fingerprint density at radius 1 is 1.20 bits per heavy atom. The molecule has 1 saturated heterocycles. The Morgan fingerprint density at radius 3 is 2.84 bits per heavy atom. The molecule has 2 heterocycles. The predicted octanol–water partition coefficient (Wildman–Crippen LogP) is 3.75. The summed E-state index contributed by atoms with van der Waals surface area (Å²) in [6, 6.07) is 12.0. The molecule has 0 bridgehead atoms. The average Bonchev–Trinajstić information content (AvgIpc) is 3.25. The van der Waals surface area contributed by atoms with Gasteiger partial charge in [0.25, 0.3) is 0 Å². The van der Waals surface area contributed by atoms with E-state index in [9.17, 15) is 9.18 Å². The van der Waals surface area contributed by atoms with Gasteiger partial charge in [0.15, 0.2) is 5.58 Å². The SMILES string of the molecule is O=C(Cc1noc2ccccc12)Nc1cc(F)cc(N2CCCC2)c1. The van der Waals surface area contributed by atoms with E-state index >= 15 is 0 Å². The van der Waals surface area contributed by atoms with Crippen molar-refractivity contribution in [2.75, 3.05) is 23.3 Å². The second-order valence-corrected chi connectivity index (χ2v) is 6.24. The molecule has 25 heavy (non-hydrogen) atoms. The highest BCUT2D eigenvalue weighted by Crippen LogP contribution is 2.25. The van der Waals surface area contributed by atoms with Crippen LogP contribution in [-0.2, 0) is 11.2 Å². The number of benzene rings is 2. The Balaban J connectivity index is 1.50. The molecule has 3 aromatic rings. The normalized spacial score (nSPS) is 14.2. The molecule has 1 aromatic heterocycles. The van der Waals surface area contributed by atoms with E-state index in [1.54, 1.807) is 6.07 Å². The van der Waals surface area contributed by atoms with E-state index in [4.69, 9.17) is 4.52 Å². The topological polar surface area (TPSA) is 58.4 Å². The van der Waals surface area contributed by atoms with Crippen molar-refractivity contribution in [2.24, 2.45) is 0 Å². The van der Waals surface area contributed by atoms with Gasteiger partial charge in [0.1, 0.15) is 11.5 Å². The first kappa shape index (κ1) is 15.6. The molecule has 1 N–H and O–H groups in total. The third-order valence-corrected chi connectivity index (χ3v) is 4.42. The van der Waals surface area contributed by atoms with Crippen LogP contribution in [0.15, 0.2) is 47.0 Å². The smallest absolute Gasteiger partial charge is 0.230 e. The number of hydrogen-bond donors (Lipinski definition) is 1. The lowest BCUT2D eigenvalue weighted by atomic mass is 10.1. The molecule has 0 unspecified atom stereocenters. The number of amides is 1. The number of para-hydroxylation sites is 1. The van der Waals surface area contributed by atoms with Crippen LogP contribution in [0.3, 0.4) is 0 Å². The first-order valence-corrected chi connectivity index (χ1v) is 8.38. The van der Waals surface area contributed by atoms with Gasteiger partial charge in [0.2, 0.25) is 5.91 Å². The summed E-state index contributed by atoms with van der Waals surface area (Å²) in [6.45, 7) is 1.84. The van der Waals surface area contributed by atoms with E-state index in [1.807, 2.05) is 24.3 Å². The zero-order valence-corrected chi connectivity index (χ0v) is 13.7. The Hall–Kier alpha value is -2.89. The Morgan fingerprint density at radius 2 is 2.00 bits per heavy atom. The molecular formula is C19H18FN3O2. The van der Waals surface area contributed by atoms with Crippen molar-refractivity contribution in [3.63, 3.8) is 0 Å². The summed E-state index contributed by atoms with van der Waals surface area (Å²) < 4.78 is 19.1. The third-order valence-electron chi connectivity index (χ3n) is 4.42. The summed E-state index contributed by atoms with van der Waals surface area (Å²) in [7, 11) is 0. The second kappa shape index (κ2) is 6.55. The van der Waals surface area contributed by atoms with Gasteiger partial charge in [-0.2, -0.15) is 0 Å². The predicted molar refractivity (Wildman–Crippen MR) is 94.2 cm³/mol. The summed E-state index contributed by atoms with van der Waals surface area (Å²) in [4.78, 5) is 14.5. The molecule has 0 atom stereocenters. The molecule has 128 valence electrons. The van der Waals surface area contributed by atoms with E-state index in [0.29, 0.717) is 17.0 Å². The average molecular weight is 339 g/mol. The lowest BCUT2D eigenvalue weighted by Gasteiger charge is -2.18. The monoisotopic (exact) mass is 339 g/mol. The van der Waals surface area contributed by atoms with Crippen molar-refractivity contribution in [1.82, 2.24) is 5.16 Å². The van der Waals surface area contributed by atoms with Crippen LogP contribution in [0.2, 0.25) is 0 Å². The molecule has 2 aromatic carbocycles. The Labute approximate surface area is 144 Å². The number of aromatic nitrogens is 1. The number of rotatable bonds is 4. The standard InChI is InChI=1S/C19H18FN3O2/c20-13-9-14(11-15(10-13)23-7-3-4-8-23)21-19(24)12-17-16-5-1-2-6-18(16)25-22-17/h1-2,5-6,9-11H,3-4,7-8,12H2,(H,21,24). The molecule has 0 saturated carbocycles. The van der Waals surface area contributed by atoms with Crippen molar-refractivity contribution >= 4 is 28.3 Å². The van der Waals surface area contributed by atoms with Gasteiger partial charge >= 0.3 is 0 Å². The maximum absolute atomic E-state index is 13.9.